The van der Waals surface area contributed by atoms with Crippen LogP contribution in [0, 0.1) is 17.2 Å². The summed E-state index contributed by atoms with van der Waals surface area (Å²) < 4.78 is 12.3. The van der Waals surface area contributed by atoms with Crippen LogP contribution in [0.2, 0.25) is 5.02 Å². The summed E-state index contributed by atoms with van der Waals surface area (Å²) in [5.74, 6) is 1.29. The van der Waals surface area contributed by atoms with Gasteiger partial charge in [-0.2, -0.15) is 15.0 Å². The molecule has 1 aromatic carbocycles. The number of halogens is 1. The van der Waals surface area contributed by atoms with E-state index in [0.717, 1.165) is 19.4 Å². The average Bonchev–Trinajstić information content (AvgIpc) is 2.82. The number of anilines is 1. The lowest BCUT2D eigenvalue weighted by atomic mass is 10.0. The van der Waals surface area contributed by atoms with E-state index in [2.05, 4.69) is 21.5 Å². The van der Waals surface area contributed by atoms with Gasteiger partial charge in [0.25, 0.3) is 5.56 Å². The first-order valence-corrected chi connectivity index (χ1v) is 10.3. The monoisotopic (exact) mass is 437 g/mol. The third kappa shape index (κ3) is 5.02. The van der Waals surface area contributed by atoms with E-state index in [9.17, 15) is 4.79 Å². The molecule has 0 spiro atoms. The Bertz CT molecular complexity index is 1130. The molecule has 9 heteroatoms. The molecule has 158 valence electrons. The summed E-state index contributed by atoms with van der Waals surface area (Å²) in [6, 6.07) is 12.0. The van der Waals surface area contributed by atoms with Crippen LogP contribution in [0.25, 0.3) is 5.69 Å². The molecular weight excluding hydrogens is 418 g/mol. The molecule has 0 saturated carbocycles. The van der Waals surface area contributed by atoms with Crippen LogP contribution in [-0.4, -0.2) is 34.5 Å². The number of aromatic nitrogens is 3. The van der Waals surface area contributed by atoms with Gasteiger partial charge in [0, 0.05) is 19.2 Å². The Hall–Kier alpha value is -3.41. The van der Waals surface area contributed by atoms with Crippen molar-refractivity contribution in [3.8, 4) is 23.4 Å². The zero-order valence-corrected chi connectivity index (χ0v) is 17.4. The van der Waals surface area contributed by atoms with E-state index in [1.54, 1.807) is 36.4 Å². The number of hydrogen-bond donors (Lipinski definition) is 1. The average molecular weight is 438 g/mol. The van der Waals surface area contributed by atoms with E-state index in [1.807, 2.05) is 0 Å². The van der Waals surface area contributed by atoms with Crippen molar-refractivity contribution in [1.82, 2.24) is 14.8 Å². The number of pyridine rings is 1. The number of hydrogen-bond acceptors (Lipinski definition) is 7. The van der Waals surface area contributed by atoms with Gasteiger partial charge in [0.15, 0.2) is 0 Å². The molecule has 1 N–H and O–H groups in total. The van der Waals surface area contributed by atoms with Gasteiger partial charge in [-0.3, -0.25) is 4.79 Å². The lowest BCUT2D eigenvalue weighted by Crippen LogP contribution is -2.26. The highest BCUT2D eigenvalue weighted by molar-refractivity contribution is 6.32. The summed E-state index contributed by atoms with van der Waals surface area (Å²) in [6.45, 7) is 2.19. The van der Waals surface area contributed by atoms with Gasteiger partial charge in [-0.05, 0) is 49.1 Å². The second-order valence-corrected chi connectivity index (χ2v) is 7.52. The van der Waals surface area contributed by atoms with Crippen molar-refractivity contribution in [2.75, 3.05) is 25.1 Å². The van der Waals surface area contributed by atoms with E-state index >= 15 is 0 Å². The van der Waals surface area contributed by atoms with Crippen LogP contribution in [0.4, 0.5) is 5.69 Å². The fraction of sp³-hybridized carbons (Fsp3) is 0.273. The summed E-state index contributed by atoms with van der Waals surface area (Å²) in [5.41, 5.74) is 1.07. The van der Waals surface area contributed by atoms with Gasteiger partial charge in [0.2, 0.25) is 5.88 Å². The lowest BCUT2D eigenvalue weighted by molar-refractivity contribution is 0.0595. The van der Waals surface area contributed by atoms with Crippen molar-refractivity contribution < 1.29 is 9.47 Å². The van der Waals surface area contributed by atoms with Crippen LogP contribution in [-0.2, 0) is 4.74 Å². The molecular formula is C22H20ClN5O3. The summed E-state index contributed by atoms with van der Waals surface area (Å²) in [4.78, 5) is 16.9. The van der Waals surface area contributed by atoms with Crippen molar-refractivity contribution >= 4 is 17.3 Å². The highest BCUT2D eigenvalue weighted by Crippen LogP contribution is 2.22. The Kier molecular flexibility index (Phi) is 6.46. The van der Waals surface area contributed by atoms with Crippen LogP contribution in [0.5, 0.6) is 11.6 Å². The summed E-state index contributed by atoms with van der Waals surface area (Å²) >= 11 is 6.29. The number of rotatable bonds is 6. The Balaban J connectivity index is 1.45. The Morgan fingerprint density at radius 3 is 2.77 bits per heavy atom. The SMILES string of the molecule is N#Cc1ccc(Oc2ccc(-n3ncc(NC[C@H]4CCCOC4)c(Cl)c3=O)cn2)cc1. The van der Waals surface area contributed by atoms with E-state index in [0.29, 0.717) is 47.6 Å². The number of nitrogens with zero attached hydrogens (tertiary/aromatic N) is 4. The topological polar surface area (TPSA) is 102 Å². The second kappa shape index (κ2) is 9.60. The van der Waals surface area contributed by atoms with Gasteiger partial charge in [0.05, 0.1) is 42.0 Å². The molecule has 31 heavy (non-hydrogen) atoms. The molecule has 4 rings (SSSR count). The quantitative estimate of drug-likeness (QED) is 0.625. The van der Waals surface area contributed by atoms with Crippen molar-refractivity contribution in [3.63, 3.8) is 0 Å². The van der Waals surface area contributed by atoms with Gasteiger partial charge < -0.3 is 14.8 Å². The molecule has 1 aliphatic rings. The third-order valence-corrected chi connectivity index (χ3v) is 5.29. The fourth-order valence-electron chi connectivity index (χ4n) is 3.24. The third-order valence-electron chi connectivity index (χ3n) is 4.93. The lowest BCUT2D eigenvalue weighted by Gasteiger charge is -2.22. The van der Waals surface area contributed by atoms with Gasteiger partial charge in [-0.15, -0.1) is 0 Å². The molecule has 0 bridgehead atoms. The number of nitrogens with one attached hydrogen (secondary N) is 1. The highest BCUT2D eigenvalue weighted by atomic mass is 35.5. The van der Waals surface area contributed by atoms with Crippen molar-refractivity contribution in [3.05, 3.63) is 69.7 Å². The minimum absolute atomic E-state index is 0.0737. The Morgan fingerprint density at radius 1 is 1.26 bits per heavy atom. The van der Waals surface area contributed by atoms with Gasteiger partial charge in [-0.1, -0.05) is 11.6 Å². The van der Waals surface area contributed by atoms with Gasteiger partial charge in [0.1, 0.15) is 10.8 Å². The molecule has 1 saturated heterocycles. The van der Waals surface area contributed by atoms with Crippen molar-refractivity contribution in [2.45, 2.75) is 12.8 Å². The largest absolute Gasteiger partial charge is 0.439 e. The first-order chi connectivity index (χ1) is 15.1. The maximum Gasteiger partial charge on any atom is 0.292 e. The summed E-state index contributed by atoms with van der Waals surface area (Å²) in [7, 11) is 0. The molecule has 8 nitrogen and oxygen atoms in total. The normalized spacial score (nSPS) is 15.8. The van der Waals surface area contributed by atoms with Gasteiger partial charge in [-0.25, -0.2) is 4.98 Å². The predicted molar refractivity (Wildman–Crippen MR) is 116 cm³/mol. The molecule has 0 aliphatic carbocycles. The number of ether oxygens (including phenoxy) is 2. The molecule has 3 aromatic rings. The van der Waals surface area contributed by atoms with E-state index < -0.39 is 5.56 Å². The molecule has 0 unspecified atom stereocenters. The summed E-state index contributed by atoms with van der Waals surface area (Å²) in [5, 5.41) is 16.3. The maximum absolute atomic E-state index is 12.7. The van der Waals surface area contributed by atoms with Crippen LogP contribution in [0.15, 0.2) is 53.6 Å². The zero-order chi connectivity index (χ0) is 21.6. The zero-order valence-electron chi connectivity index (χ0n) is 16.6. The predicted octanol–water partition coefficient (Wildman–Crippen LogP) is 3.78. The molecule has 3 heterocycles. The van der Waals surface area contributed by atoms with Crippen LogP contribution < -0.4 is 15.6 Å². The molecule has 0 amide bonds. The molecule has 1 fully saturated rings. The smallest absolute Gasteiger partial charge is 0.292 e. The Morgan fingerprint density at radius 2 is 2.10 bits per heavy atom. The fourth-order valence-corrected chi connectivity index (χ4v) is 3.43. The first-order valence-electron chi connectivity index (χ1n) is 9.88. The standard InChI is InChI=1S/C22H20ClN5O3/c23-21-19(25-11-16-2-1-9-30-14-16)13-27-28(22(21)29)17-5-8-20(26-12-17)31-18-6-3-15(10-24)4-7-18/h3-8,12-13,16,25H,1-2,9,11,14H2/t16-/m1/s1. The minimum Gasteiger partial charge on any atom is -0.439 e. The maximum atomic E-state index is 12.7. The van der Waals surface area contributed by atoms with E-state index in [-0.39, 0.29) is 5.02 Å². The molecule has 2 aromatic heterocycles. The van der Waals surface area contributed by atoms with Crippen LogP contribution in [0.1, 0.15) is 18.4 Å². The minimum atomic E-state index is -0.436. The van der Waals surface area contributed by atoms with Gasteiger partial charge >= 0.3 is 0 Å². The highest BCUT2D eigenvalue weighted by Gasteiger charge is 2.16. The number of benzene rings is 1. The van der Waals surface area contributed by atoms with E-state index in [1.165, 1.54) is 17.1 Å². The van der Waals surface area contributed by atoms with Crippen LogP contribution in [0.3, 0.4) is 0 Å². The molecule has 1 atom stereocenters. The van der Waals surface area contributed by atoms with Crippen molar-refractivity contribution in [1.29, 1.82) is 5.26 Å². The first kappa shape index (κ1) is 20.8. The van der Waals surface area contributed by atoms with E-state index in [4.69, 9.17) is 26.3 Å². The summed E-state index contributed by atoms with van der Waals surface area (Å²) in [6.07, 6.45) is 5.14. The van der Waals surface area contributed by atoms with Crippen LogP contribution >= 0.6 is 11.6 Å². The molecule has 0 radical (unpaired) electrons. The molecule has 1 aliphatic heterocycles. The second-order valence-electron chi connectivity index (χ2n) is 7.15. The van der Waals surface area contributed by atoms with Crippen molar-refractivity contribution in [2.24, 2.45) is 5.92 Å². The Labute approximate surface area is 184 Å². The number of nitriles is 1.